The van der Waals surface area contributed by atoms with E-state index < -0.39 is 12.1 Å². The van der Waals surface area contributed by atoms with Crippen molar-refractivity contribution in [2.24, 2.45) is 0 Å². The van der Waals surface area contributed by atoms with E-state index >= 15 is 0 Å². The fourth-order valence-corrected chi connectivity index (χ4v) is 3.26. The van der Waals surface area contributed by atoms with Crippen LogP contribution in [0.2, 0.25) is 0 Å². The molecule has 1 spiro atoms. The molecule has 30 heavy (non-hydrogen) atoms. The Bertz CT molecular complexity index is 843. The molecule has 2 aromatic heterocycles. The van der Waals surface area contributed by atoms with Crippen LogP contribution in [-0.4, -0.2) is 63.8 Å². The molecule has 2 aliphatic heterocycles. The summed E-state index contributed by atoms with van der Waals surface area (Å²) in [7, 11) is 0. The van der Waals surface area contributed by atoms with Gasteiger partial charge in [0, 0.05) is 25.1 Å². The van der Waals surface area contributed by atoms with Gasteiger partial charge in [0.25, 0.3) is 0 Å². The lowest BCUT2D eigenvalue weighted by Gasteiger charge is -2.53. The van der Waals surface area contributed by atoms with Crippen molar-refractivity contribution in [3.05, 3.63) is 42.2 Å². The Hall–Kier alpha value is -2.95. The molecule has 2 aromatic rings. The molecule has 0 saturated carbocycles. The first-order valence-corrected chi connectivity index (χ1v) is 9.24. The van der Waals surface area contributed by atoms with Gasteiger partial charge in [-0.2, -0.15) is 18.3 Å². The SMILES string of the molecule is Cc1ccc(N2CC3(CC(Oc4ccccn4)CCO3)C2)nn1.O=C(O)C(F)(F)F. The topological polar surface area (TPSA) is 97.7 Å². The first-order chi connectivity index (χ1) is 14.2. The molecular weight excluding hydrogens is 405 g/mol. The summed E-state index contributed by atoms with van der Waals surface area (Å²) in [6, 6.07) is 9.74. The highest BCUT2D eigenvalue weighted by atomic mass is 19.4. The summed E-state index contributed by atoms with van der Waals surface area (Å²) in [5.74, 6) is -1.15. The Kier molecular flexibility index (Phi) is 6.40. The number of halogens is 3. The zero-order valence-electron chi connectivity index (χ0n) is 16.2. The average Bonchev–Trinajstić information content (AvgIpc) is 2.67. The molecule has 0 amide bonds. The number of aliphatic carboxylic acids is 1. The summed E-state index contributed by atoms with van der Waals surface area (Å²) in [6.07, 6.45) is -1.38. The van der Waals surface area contributed by atoms with Crippen LogP contribution in [0.3, 0.4) is 0 Å². The van der Waals surface area contributed by atoms with Gasteiger partial charge < -0.3 is 19.5 Å². The second-order valence-electron chi connectivity index (χ2n) is 7.12. The lowest BCUT2D eigenvalue weighted by molar-refractivity contribution is -0.192. The number of hydrogen-bond acceptors (Lipinski definition) is 7. The number of aryl methyl sites for hydroxylation is 1. The number of carbonyl (C=O) groups is 1. The van der Waals surface area contributed by atoms with Crippen LogP contribution in [0, 0.1) is 6.92 Å². The van der Waals surface area contributed by atoms with Crippen molar-refractivity contribution in [3.8, 4) is 5.88 Å². The third kappa shape index (κ3) is 5.56. The van der Waals surface area contributed by atoms with Gasteiger partial charge in [-0.15, -0.1) is 5.10 Å². The molecule has 2 fully saturated rings. The molecule has 0 aliphatic carbocycles. The Balaban J connectivity index is 0.000000318. The Morgan fingerprint density at radius 2 is 2.00 bits per heavy atom. The van der Waals surface area contributed by atoms with Crippen LogP contribution in [0.15, 0.2) is 36.5 Å². The van der Waals surface area contributed by atoms with E-state index in [4.69, 9.17) is 19.4 Å². The van der Waals surface area contributed by atoms with E-state index in [1.54, 1.807) is 6.20 Å². The quantitative estimate of drug-likeness (QED) is 0.800. The third-order valence-electron chi connectivity index (χ3n) is 4.68. The predicted molar refractivity (Wildman–Crippen MR) is 99.2 cm³/mol. The molecule has 0 bridgehead atoms. The maximum Gasteiger partial charge on any atom is 0.490 e. The summed E-state index contributed by atoms with van der Waals surface area (Å²) < 4.78 is 43.8. The number of carboxylic acid groups (broad SMARTS) is 1. The number of carboxylic acids is 1. The van der Waals surface area contributed by atoms with Crippen LogP contribution in [-0.2, 0) is 9.53 Å². The molecular formula is C19H21F3N4O4. The minimum absolute atomic E-state index is 0.121. The van der Waals surface area contributed by atoms with E-state index in [1.807, 2.05) is 37.3 Å². The number of nitrogens with zero attached hydrogens (tertiary/aromatic N) is 4. The molecule has 1 unspecified atom stereocenters. The Morgan fingerprint density at radius 3 is 2.57 bits per heavy atom. The first-order valence-electron chi connectivity index (χ1n) is 9.24. The second kappa shape index (κ2) is 8.82. The van der Waals surface area contributed by atoms with Crippen LogP contribution in [0.1, 0.15) is 18.5 Å². The van der Waals surface area contributed by atoms with Gasteiger partial charge >= 0.3 is 12.1 Å². The van der Waals surface area contributed by atoms with Gasteiger partial charge in [-0.05, 0) is 25.1 Å². The van der Waals surface area contributed by atoms with E-state index in [-0.39, 0.29) is 11.7 Å². The van der Waals surface area contributed by atoms with E-state index in [0.717, 1.165) is 44.0 Å². The van der Waals surface area contributed by atoms with Gasteiger partial charge in [0.05, 0.1) is 25.4 Å². The van der Waals surface area contributed by atoms with Crippen molar-refractivity contribution in [1.29, 1.82) is 0 Å². The largest absolute Gasteiger partial charge is 0.490 e. The number of aromatic nitrogens is 3. The number of anilines is 1. The van der Waals surface area contributed by atoms with Crippen LogP contribution >= 0.6 is 0 Å². The summed E-state index contributed by atoms with van der Waals surface area (Å²) in [5.41, 5.74) is 0.811. The summed E-state index contributed by atoms with van der Waals surface area (Å²) >= 11 is 0. The molecule has 1 N–H and O–H groups in total. The number of ether oxygens (including phenoxy) is 2. The fourth-order valence-electron chi connectivity index (χ4n) is 3.26. The first kappa shape index (κ1) is 21.8. The standard InChI is InChI=1S/C17H20N4O2.C2HF3O2/c1-13-5-6-15(20-19-13)21-11-17(12-21)10-14(7-9-22-17)23-16-4-2-3-8-18-16;3-2(4,5)1(6)7/h2-6,8,14H,7,9-12H2,1H3;(H,6,7). The van der Waals surface area contributed by atoms with Gasteiger partial charge in [-0.1, -0.05) is 6.07 Å². The van der Waals surface area contributed by atoms with Crippen molar-refractivity contribution in [2.45, 2.75) is 37.6 Å². The molecule has 2 saturated heterocycles. The molecule has 162 valence electrons. The molecule has 0 aromatic carbocycles. The maximum atomic E-state index is 10.6. The third-order valence-corrected chi connectivity index (χ3v) is 4.68. The van der Waals surface area contributed by atoms with Crippen molar-refractivity contribution in [3.63, 3.8) is 0 Å². The molecule has 11 heteroatoms. The van der Waals surface area contributed by atoms with Crippen molar-refractivity contribution >= 4 is 11.8 Å². The fraction of sp³-hybridized carbons (Fsp3) is 0.474. The van der Waals surface area contributed by atoms with Crippen molar-refractivity contribution < 1.29 is 32.5 Å². The van der Waals surface area contributed by atoms with Crippen molar-refractivity contribution in [1.82, 2.24) is 15.2 Å². The molecule has 2 aliphatic rings. The molecule has 0 radical (unpaired) electrons. The summed E-state index contributed by atoms with van der Waals surface area (Å²) in [5, 5.41) is 15.5. The summed E-state index contributed by atoms with van der Waals surface area (Å²) in [4.78, 5) is 15.3. The van der Waals surface area contributed by atoms with Gasteiger partial charge in [-0.25, -0.2) is 9.78 Å². The van der Waals surface area contributed by atoms with E-state index in [9.17, 15) is 13.2 Å². The Morgan fingerprint density at radius 1 is 1.27 bits per heavy atom. The monoisotopic (exact) mass is 426 g/mol. The highest BCUT2D eigenvalue weighted by Gasteiger charge is 2.48. The number of pyridine rings is 1. The number of rotatable bonds is 3. The van der Waals surface area contributed by atoms with Crippen molar-refractivity contribution in [2.75, 3.05) is 24.6 Å². The normalized spacial score (nSPS) is 20.0. The Labute approximate surface area is 170 Å². The summed E-state index contributed by atoms with van der Waals surface area (Å²) in [6.45, 7) is 4.35. The highest BCUT2D eigenvalue weighted by molar-refractivity contribution is 5.73. The molecule has 1 atom stereocenters. The highest BCUT2D eigenvalue weighted by Crippen LogP contribution is 2.37. The lowest BCUT2D eigenvalue weighted by Crippen LogP contribution is -2.66. The zero-order chi connectivity index (χ0) is 21.8. The van der Waals surface area contributed by atoms with Gasteiger partial charge in [0.2, 0.25) is 5.88 Å². The lowest BCUT2D eigenvalue weighted by atomic mass is 9.84. The number of hydrogen-bond donors (Lipinski definition) is 1. The smallest absolute Gasteiger partial charge is 0.475 e. The van der Waals surface area contributed by atoms with Crippen LogP contribution in [0.4, 0.5) is 19.0 Å². The van der Waals surface area contributed by atoms with E-state index in [0.29, 0.717) is 5.88 Å². The molecule has 4 heterocycles. The van der Waals surface area contributed by atoms with E-state index in [1.165, 1.54) is 0 Å². The number of alkyl halides is 3. The minimum Gasteiger partial charge on any atom is -0.475 e. The second-order valence-corrected chi connectivity index (χ2v) is 7.12. The van der Waals surface area contributed by atoms with Gasteiger partial charge in [-0.3, -0.25) is 0 Å². The maximum absolute atomic E-state index is 10.6. The predicted octanol–water partition coefficient (Wildman–Crippen LogP) is 2.63. The van der Waals surface area contributed by atoms with Gasteiger partial charge in [0.1, 0.15) is 11.7 Å². The van der Waals surface area contributed by atoms with Crippen LogP contribution < -0.4 is 9.64 Å². The molecule has 4 rings (SSSR count). The average molecular weight is 426 g/mol. The van der Waals surface area contributed by atoms with Crippen LogP contribution in [0.25, 0.3) is 0 Å². The van der Waals surface area contributed by atoms with E-state index in [2.05, 4.69) is 20.1 Å². The minimum atomic E-state index is -5.08. The van der Waals surface area contributed by atoms with Gasteiger partial charge in [0.15, 0.2) is 5.82 Å². The zero-order valence-corrected chi connectivity index (χ0v) is 16.2. The molecule has 8 nitrogen and oxygen atoms in total. The van der Waals surface area contributed by atoms with Crippen LogP contribution in [0.5, 0.6) is 5.88 Å².